The number of fused-ring (bicyclic) bond motifs is 1. The lowest BCUT2D eigenvalue weighted by Gasteiger charge is -2.30. The number of alkyl halides is 3. The molecule has 0 spiro atoms. The molecule has 3 rings (SSSR count). The molecule has 2 atom stereocenters. The van der Waals surface area contributed by atoms with E-state index in [9.17, 15) is 18.0 Å². The van der Waals surface area contributed by atoms with Crippen LogP contribution in [0.3, 0.4) is 0 Å². The smallest absolute Gasteiger partial charge is 0.389 e. The summed E-state index contributed by atoms with van der Waals surface area (Å²) >= 11 is 0. The van der Waals surface area contributed by atoms with Gasteiger partial charge in [0.05, 0.1) is 30.2 Å². The van der Waals surface area contributed by atoms with Gasteiger partial charge in [-0.05, 0) is 39.2 Å². The van der Waals surface area contributed by atoms with Gasteiger partial charge >= 0.3 is 12.2 Å². The Balaban J connectivity index is 1.82. The molecular formula is C26H32F3N7O2. The van der Waals surface area contributed by atoms with E-state index in [2.05, 4.69) is 38.6 Å². The van der Waals surface area contributed by atoms with Crippen LogP contribution in [0, 0.1) is 0 Å². The number of carbonyl (C=O) groups is 1. The van der Waals surface area contributed by atoms with Crippen molar-refractivity contribution in [1.29, 1.82) is 0 Å². The number of ether oxygens (including phenoxy) is 1. The fraction of sp³-hybridized carbons (Fsp3) is 0.423. The quantitative estimate of drug-likeness (QED) is 0.230. The first-order valence-electron chi connectivity index (χ1n) is 12.3. The molecule has 3 aromatic rings. The van der Waals surface area contributed by atoms with E-state index >= 15 is 0 Å². The van der Waals surface area contributed by atoms with Crippen LogP contribution in [-0.2, 0) is 0 Å². The average molecular weight is 532 g/mol. The fourth-order valence-electron chi connectivity index (χ4n) is 3.90. The van der Waals surface area contributed by atoms with Gasteiger partial charge in [0, 0.05) is 43.2 Å². The summed E-state index contributed by atoms with van der Waals surface area (Å²) in [5.41, 5.74) is 2.29. The number of aromatic nitrogens is 5. The molecule has 9 nitrogen and oxygen atoms in total. The maximum absolute atomic E-state index is 13.0. The number of halogens is 3. The van der Waals surface area contributed by atoms with Crippen LogP contribution in [0.15, 0.2) is 56.2 Å². The molecule has 1 unspecified atom stereocenters. The number of hydrogen-bond acceptors (Lipinski definition) is 6. The van der Waals surface area contributed by atoms with E-state index < -0.39 is 30.7 Å². The Labute approximate surface area is 219 Å². The topological polar surface area (TPSA) is 97.5 Å². The van der Waals surface area contributed by atoms with Crippen molar-refractivity contribution in [3.8, 4) is 17.1 Å². The first-order valence-corrected chi connectivity index (χ1v) is 12.3. The maximum atomic E-state index is 13.0. The SMILES string of the molecule is C=CCCOc1nc(-c2cnnc(C(C)N(CC)C(=O)N[C@H](CC=C)CCC(F)(F)F)c2)cn2ccnc12. The highest BCUT2D eigenvalue weighted by Gasteiger charge is 2.30. The van der Waals surface area contributed by atoms with Crippen molar-refractivity contribution >= 4 is 11.7 Å². The lowest BCUT2D eigenvalue weighted by Crippen LogP contribution is -2.46. The molecule has 12 heteroatoms. The second kappa shape index (κ2) is 13.0. The zero-order valence-electron chi connectivity index (χ0n) is 21.5. The number of carbonyl (C=O) groups excluding carboxylic acids is 1. The molecule has 38 heavy (non-hydrogen) atoms. The highest BCUT2D eigenvalue weighted by atomic mass is 19.4. The maximum Gasteiger partial charge on any atom is 0.389 e. The Hall–Kier alpha value is -3.96. The molecule has 204 valence electrons. The molecule has 0 radical (unpaired) electrons. The lowest BCUT2D eigenvalue weighted by atomic mass is 10.1. The summed E-state index contributed by atoms with van der Waals surface area (Å²) in [6.07, 6.45) is 5.36. The monoisotopic (exact) mass is 531 g/mol. The molecule has 2 amide bonds. The van der Waals surface area contributed by atoms with E-state index in [0.29, 0.717) is 48.1 Å². The van der Waals surface area contributed by atoms with E-state index in [1.165, 1.54) is 11.0 Å². The van der Waals surface area contributed by atoms with Crippen LogP contribution >= 0.6 is 0 Å². The minimum atomic E-state index is -4.30. The zero-order chi connectivity index (χ0) is 27.7. The van der Waals surface area contributed by atoms with Crippen molar-refractivity contribution in [2.75, 3.05) is 13.2 Å². The summed E-state index contributed by atoms with van der Waals surface area (Å²) in [6.45, 7) is 11.6. The third-order valence-corrected chi connectivity index (χ3v) is 5.93. The van der Waals surface area contributed by atoms with Crippen molar-refractivity contribution in [3.63, 3.8) is 0 Å². The van der Waals surface area contributed by atoms with Crippen molar-refractivity contribution in [1.82, 2.24) is 34.8 Å². The van der Waals surface area contributed by atoms with Gasteiger partial charge in [0.1, 0.15) is 0 Å². The average Bonchev–Trinajstić information content (AvgIpc) is 3.36. The standard InChI is InChI=1S/C26H32F3N7O2/c1-5-8-14-38-24-23-30-12-13-35(23)17-22(33-24)19-15-21(34-31-16-19)18(4)36(7-3)25(37)32-20(9-6-2)10-11-26(27,28)29/h5-6,12-13,15-18,20H,1-2,7-11,14H2,3-4H3,(H,32,37)/t18?,20-/m1/s1. The molecule has 0 aliphatic carbocycles. The fourth-order valence-corrected chi connectivity index (χ4v) is 3.90. The summed E-state index contributed by atoms with van der Waals surface area (Å²) in [5, 5.41) is 11.0. The Morgan fingerprint density at radius 3 is 2.79 bits per heavy atom. The van der Waals surface area contributed by atoms with Crippen molar-refractivity contribution in [2.24, 2.45) is 0 Å². The summed E-state index contributed by atoms with van der Waals surface area (Å²) in [5.74, 6) is 0.363. The molecule has 0 aliphatic rings. The van der Waals surface area contributed by atoms with Gasteiger partial charge in [-0.25, -0.2) is 14.8 Å². The van der Waals surface area contributed by atoms with Crippen LogP contribution in [0.2, 0.25) is 0 Å². The number of amides is 2. The van der Waals surface area contributed by atoms with Gasteiger partial charge in [-0.15, -0.1) is 13.2 Å². The molecule has 3 heterocycles. The van der Waals surface area contributed by atoms with E-state index in [1.54, 1.807) is 55.2 Å². The molecule has 0 aliphatic heterocycles. The highest BCUT2D eigenvalue weighted by molar-refractivity contribution is 5.75. The minimum absolute atomic E-state index is 0.225. The van der Waals surface area contributed by atoms with Gasteiger partial charge in [-0.1, -0.05) is 12.2 Å². The molecule has 1 N–H and O–H groups in total. The predicted octanol–water partition coefficient (Wildman–Crippen LogP) is 5.52. The molecule has 0 saturated carbocycles. The number of nitrogens with zero attached hydrogens (tertiary/aromatic N) is 6. The van der Waals surface area contributed by atoms with Gasteiger partial charge in [0.25, 0.3) is 5.88 Å². The van der Waals surface area contributed by atoms with Crippen LogP contribution in [0.25, 0.3) is 16.9 Å². The van der Waals surface area contributed by atoms with Crippen molar-refractivity contribution in [2.45, 2.75) is 57.8 Å². The van der Waals surface area contributed by atoms with Crippen molar-refractivity contribution in [3.05, 3.63) is 61.9 Å². The number of nitrogens with one attached hydrogen (secondary N) is 1. The summed E-state index contributed by atoms with van der Waals surface area (Å²) in [6, 6.07) is 0.0830. The Morgan fingerprint density at radius 1 is 1.32 bits per heavy atom. The lowest BCUT2D eigenvalue weighted by molar-refractivity contribution is -0.136. The zero-order valence-corrected chi connectivity index (χ0v) is 21.5. The van der Waals surface area contributed by atoms with Gasteiger partial charge in [-0.2, -0.15) is 23.4 Å². The van der Waals surface area contributed by atoms with E-state index in [0.717, 1.165) is 0 Å². The highest BCUT2D eigenvalue weighted by Crippen LogP contribution is 2.27. The normalized spacial score (nSPS) is 13.1. The summed E-state index contributed by atoms with van der Waals surface area (Å²) < 4.78 is 45.8. The molecule has 0 aromatic carbocycles. The third kappa shape index (κ3) is 7.53. The van der Waals surface area contributed by atoms with Crippen LogP contribution in [0.1, 0.15) is 51.3 Å². The minimum Gasteiger partial charge on any atom is -0.475 e. The van der Waals surface area contributed by atoms with Gasteiger partial charge < -0.3 is 19.4 Å². The van der Waals surface area contributed by atoms with E-state index in [-0.39, 0.29) is 12.8 Å². The Bertz CT molecular complexity index is 1250. The number of imidazole rings is 1. The second-order valence-corrected chi connectivity index (χ2v) is 8.67. The summed E-state index contributed by atoms with van der Waals surface area (Å²) in [4.78, 5) is 23.5. The molecule has 3 aromatic heterocycles. The molecule has 0 bridgehead atoms. The van der Waals surface area contributed by atoms with Crippen LogP contribution in [0.5, 0.6) is 5.88 Å². The molecule has 0 fully saturated rings. The number of hydrogen-bond donors (Lipinski definition) is 1. The largest absolute Gasteiger partial charge is 0.475 e. The van der Waals surface area contributed by atoms with Crippen molar-refractivity contribution < 1.29 is 22.7 Å². The number of rotatable bonds is 13. The van der Waals surface area contributed by atoms with E-state index in [1.807, 2.05) is 0 Å². The third-order valence-electron chi connectivity index (χ3n) is 5.93. The number of urea groups is 1. The second-order valence-electron chi connectivity index (χ2n) is 8.67. The van der Waals surface area contributed by atoms with Crippen LogP contribution < -0.4 is 10.1 Å². The van der Waals surface area contributed by atoms with Crippen LogP contribution in [-0.4, -0.2) is 60.9 Å². The van der Waals surface area contributed by atoms with Gasteiger partial charge in [-0.3, -0.25) is 0 Å². The van der Waals surface area contributed by atoms with Crippen LogP contribution in [0.4, 0.5) is 18.0 Å². The predicted molar refractivity (Wildman–Crippen MR) is 138 cm³/mol. The molecular weight excluding hydrogens is 499 g/mol. The van der Waals surface area contributed by atoms with E-state index in [4.69, 9.17) is 4.74 Å². The Kier molecular flexibility index (Phi) is 9.80. The first-order chi connectivity index (χ1) is 18.2. The van der Waals surface area contributed by atoms with Gasteiger partial charge in [0.15, 0.2) is 0 Å². The molecule has 0 saturated heterocycles. The first kappa shape index (κ1) is 28.6. The summed E-state index contributed by atoms with van der Waals surface area (Å²) in [7, 11) is 0. The van der Waals surface area contributed by atoms with Gasteiger partial charge in [0.2, 0.25) is 5.65 Å². The Morgan fingerprint density at radius 2 is 2.11 bits per heavy atom.